The first-order chi connectivity index (χ1) is 11.2. The Balaban J connectivity index is 1.68. The molecule has 2 aromatic rings. The summed E-state index contributed by atoms with van der Waals surface area (Å²) >= 11 is 6.08. The van der Waals surface area contributed by atoms with Crippen molar-refractivity contribution in [3.63, 3.8) is 0 Å². The molecule has 0 aliphatic carbocycles. The molecule has 23 heavy (non-hydrogen) atoms. The van der Waals surface area contributed by atoms with Crippen LogP contribution in [-0.2, 0) is 4.74 Å². The van der Waals surface area contributed by atoms with E-state index in [0.29, 0.717) is 5.92 Å². The molecule has 1 aromatic carbocycles. The Kier molecular flexibility index (Phi) is 5.36. The highest BCUT2D eigenvalue weighted by molar-refractivity contribution is 6.31. The van der Waals surface area contributed by atoms with Crippen LogP contribution in [0.15, 0.2) is 30.5 Å². The molecular weight excluding hydrogens is 310 g/mol. The van der Waals surface area contributed by atoms with Crippen molar-refractivity contribution in [2.24, 2.45) is 5.92 Å². The molecule has 0 bridgehead atoms. The van der Waals surface area contributed by atoms with Crippen LogP contribution in [-0.4, -0.2) is 56.8 Å². The molecule has 0 N–H and O–H groups in total. The van der Waals surface area contributed by atoms with Crippen LogP contribution in [0.25, 0.3) is 10.9 Å². The van der Waals surface area contributed by atoms with E-state index in [1.54, 1.807) is 7.11 Å². The van der Waals surface area contributed by atoms with Gasteiger partial charge < -0.3 is 14.5 Å². The minimum Gasteiger partial charge on any atom is -0.383 e. The fourth-order valence-electron chi connectivity index (χ4n) is 3.41. The van der Waals surface area contributed by atoms with Crippen LogP contribution < -0.4 is 4.90 Å². The molecule has 4 nitrogen and oxygen atoms in total. The minimum absolute atomic E-state index is 0.701. The van der Waals surface area contributed by atoms with Gasteiger partial charge in [0, 0.05) is 56.1 Å². The second-order valence-electron chi connectivity index (χ2n) is 6.32. The zero-order chi connectivity index (χ0) is 16.2. The van der Waals surface area contributed by atoms with Gasteiger partial charge in [-0.1, -0.05) is 11.6 Å². The molecule has 1 atom stereocenters. The van der Waals surface area contributed by atoms with Gasteiger partial charge in [0.2, 0.25) is 0 Å². The highest BCUT2D eigenvalue weighted by atomic mass is 35.5. The van der Waals surface area contributed by atoms with Crippen LogP contribution >= 0.6 is 11.6 Å². The van der Waals surface area contributed by atoms with Crippen molar-refractivity contribution in [3.8, 4) is 0 Å². The number of methoxy groups -OCH3 is 1. The third kappa shape index (κ3) is 3.94. The fraction of sp³-hybridized carbons (Fsp3) is 0.500. The summed E-state index contributed by atoms with van der Waals surface area (Å²) in [5.41, 5.74) is 2.18. The first-order valence-electron chi connectivity index (χ1n) is 8.14. The summed E-state index contributed by atoms with van der Waals surface area (Å²) in [4.78, 5) is 9.27. The summed E-state index contributed by atoms with van der Waals surface area (Å²) in [6.45, 7) is 5.24. The van der Waals surface area contributed by atoms with E-state index in [1.807, 2.05) is 18.3 Å². The molecule has 124 valence electrons. The second kappa shape index (κ2) is 7.47. The van der Waals surface area contributed by atoms with Crippen LogP contribution in [0.4, 0.5) is 5.69 Å². The van der Waals surface area contributed by atoms with Crippen LogP contribution in [0.1, 0.15) is 6.42 Å². The molecule has 2 heterocycles. The number of hydrogen-bond donors (Lipinski definition) is 0. The van der Waals surface area contributed by atoms with E-state index in [2.05, 4.69) is 34.0 Å². The van der Waals surface area contributed by atoms with Gasteiger partial charge in [-0.05, 0) is 43.1 Å². The normalized spacial score (nSPS) is 18.7. The zero-order valence-electron chi connectivity index (χ0n) is 13.8. The topological polar surface area (TPSA) is 28.6 Å². The smallest absolute Gasteiger partial charge is 0.0737 e. The van der Waals surface area contributed by atoms with E-state index in [4.69, 9.17) is 16.3 Å². The monoisotopic (exact) mass is 333 g/mol. The van der Waals surface area contributed by atoms with Crippen molar-refractivity contribution < 1.29 is 4.74 Å². The van der Waals surface area contributed by atoms with Crippen LogP contribution in [0.2, 0.25) is 5.02 Å². The number of halogens is 1. The summed E-state index contributed by atoms with van der Waals surface area (Å²) in [5, 5.41) is 1.89. The van der Waals surface area contributed by atoms with Gasteiger partial charge >= 0.3 is 0 Å². The van der Waals surface area contributed by atoms with Crippen molar-refractivity contribution in [1.82, 2.24) is 9.88 Å². The molecule has 0 radical (unpaired) electrons. The lowest BCUT2D eigenvalue weighted by Crippen LogP contribution is -2.29. The number of rotatable bonds is 6. The Hall–Kier alpha value is -1.36. The van der Waals surface area contributed by atoms with Crippen LogP contribution in [0.3, 0.4) is 0 Å². The lowest BCUT2D eigenvalue weighted by molar-refractivity contribution is 0.159. The Morgan fingerprint density at radius 1 is 1.39 bits per heavy atom. The number of aromatic nitrogens is 1. The van der Waals surface area contributed by atoms with E-state index >= 15 is 0 Å². The number of ether oxygens (including phenoxy) is 1. The van der Waals surface area contributed by atoms with E-state index in [1.165, 1.54) is 18.7 Å². The maximum Gasteiger partial charge on any atom is 0.0737 e. The Labute approximate surface area is 143 Å². The summed E-state index contributed by atoms with van der Waals surface area (Å²) in [7, 11) is 3.93. The third-order valence-corrected chi connectivity index (χ3v) is 4.84. The molecule has 1 aromatic heterocycles. The van der Waals surface area contributed by atoms with Gasteiger partial charge in [0.1, 0.15) is 0 Å². The zero-order valence-corrected chi connectivity index (χ0v) is 14.6. The molecule has 1 saturated heterocycles. The number of likely N-dealkylation sites (tertiary alicyclic amines) is 1. The highest BCUT2D eigenvalue weighted by Gasteiger charge is 2.23. The third-order valence-electron chi connectivity index (χ3n) is 4.61. The number of hydrogen-bond acceptors (Lipinski definition) is 4. The second-order valence-corrected chi connectivity index (χ2v) is 6.76. The molecule has 3 rings (SSSR count). The SMILES string of the molecule is COCCN1CCC(CN(C)c2ccnc3cc(Cl)ccc23)C1. The van der Waals surface area contributed by atoms with E-state index < -0.39 is 0 Å². The van der Waals surface area contributed by atoms with Crippen molar-refractivity contribution in [1.29, 1.82) is 0 Å². The Morgan fingerprint density at radius 2 is 2.26 bits per heavy atom. The predicted molar refractivity (Wildman–Crippen MR) is 96.4 cm³/mol. The molecular formula is C18H24ClN3O. The first-order valence-corrected chi connectivity index (χ1v) is 8.52. The predicted octanol–water partition coefficient (Wildman–Crippen LogP) is 3.29. The van der Waals surface area contributed by atoms with Crippen LogP contribution in [0.5, 0.6) is 0 Å². The summed E-state index contributed by atoms with van der Waals surface area (Å²) in [5.74, 6) is 0.701. The minimum atomic E-state index is 0.701. The Bertz CT molecular complexity index is 664. The quantitative estimate of drug-likeness (QED) is 0.811. The highest BCUT2D eigenvalue weighted by Crippen LogP contribution is 2.28. The number of pyridine rings is 1. The number of anilines is 1. The fourth-order valence-corrected chi connectivity index (χ4v) is 3.58. The first kappa shape index (κ1) is 16.5. The molecule has 5 heteroatoms. The standard InChI is InChI=1S/C18H24ClN3O/c1-21(12-14-6-8-22(13-14)9-10-23-2)18-5-7-20-17-11-15(19)3-4-16(17)18/h3-5,7,11,14H,6,8-10,12-13H2,1-2H3. The number of fused-ring (bicyclic) bond motifs is 1. The van der Waals surface area contributed by atoms with E-state index in [9.17, 15) is 0 Å². The lowest BCUT2D eigenvalue weighted by Gasteiger charge is -2.24. The molecule has 1 aliphatic rings. The van der Waals surface area contributed by atoms with Crippen molar-refractivity contribution in [2.75, 3.05) is 51.8 Å². The molecule has 1 aliphatic heterocycles. The number of nitrogens with zero attached hydrogens (tertiary/aromatic N) is 3. The Morgan fingerprint density at radius 3 is 3.09 bits per heavy atom. The van der Waals surface area contributed by atoms with Gasteiger partial charge in [0.15, 0.2) is 0 Å². The summed E-state index contributed by atoms with van der Waals surface area (Å²) in [6, 6.07) is 8.02. The number of benzene rings is 1. The van der Waals surface area contributed by atoms with Gasteiger partial charge in [-0.2, -0.15) is 0 Å². The van der Waals surface area contributed by atoms with E-state index in [0.717, 1.165) is 42.2 Å². The molecule has 1 fully saturated rings. The average molecular weight is 334 g/mol. The van der Waals surface area contributed by atoms with Gasteiger partial charge in [-0.15, -0.1) is 0 Å². The van der Waals surface area contributed by atoms with Gasteiger partial charge in [-0.25, -0.2) is 0 Å². The van der Waals surface area contributed by atoms with Crippen molar-refractivity contribution in [3.05, 3.63) is 35.5 Å². The largest absolute Gasteiger partial charge is 0.383 e. The molecule has 0 amide bonds. The van der Waals surface area contributed by atoms with E-state index in [-0.39, 0.29) is 0 Å². The molecule has 1 unspecified atom stereocenters. The van der Waals surface area contributed by atoms with Crippen molar-refractivity contribution in [2.45, 2.75) is 6.42 Å². The molecule has 0 spiro atoms. The maximum absolute atomic E-state index is 6.08. The summed E-state index contributed by atoms with van der Waals surface area (Å²) < 4.78 is 5.18. The average Bonchev–Trinajstić information content (AvgIpc) is 2.99. The summed E-state index contributed by atoms with van der Waals surface area (Å²) in [6.07, 6.45) is 3.12. The maximum atomic E-state index is 6.08. The lowest BCUT2D eigenvalue weighted by atomic mass is 10.1. The van der Waals surface area contributed by atoms with Gasteiger partial charge in [0.05, 0.1) is 12.1 Å². The van der Waals surface area contributed by atoms with Crippen LogP contribution in [0, 0.1) is 5.92 Å². The van der Waals surface area contributed by atoms with Gasteiger partial charge in [0.25, 0.3) is 0 Å². The van der Waals surface area contributed by atoms with Gasteiger partial charge in [-0.3, -0.25) is 4.98 Å². The van der Waals surface area contributed by atoms with Crippen molar-refractivity contribution >= 4 is 28.2 Å². The molecule has 0 saturated carbocycles.